The number of pyridine rings is 1. The van der Waals surface area contributed by atoms with Gasteiger partial charge >= 0.3 is 5.97 Å². The number of carbonyl (C=O) groups is 1. The lowest BCUT2D eigenvalue weighted by Crippen LogP contribution is -2.13. The van der Waals surface area contributed by atoms with Gasteiger partial charge in [0.1, 0.15) is 0 Å². The molecule has 7 heteroatoms. The zero-order chi connectivity index (χ0) is 24.5. The molecular weight excluding hydrogens is 460 g/mol. The highest BCUT2D eigenvalue weighted by atomic mass is 32.2. The quantitative estimate of drug-likeness (QED) is 0.239. The summed E-state index contributed by atoms with van der Waals surface area (Å²) in [4.78, 5) is 30.0. The van der Waals surface area contributed by atoms with Gasteiger partial charge in [-0.05, 0) is 73.2 Å². The standard InChI is InChI=1S/C28H22N2O4S/c1-17-9-12-20(13-10-17)35-25-14-11-18(16-24(25)30(33)34)15-19-5-4-7-22-26(28(31)32)21-6-2-3-8-23(21)29-27(19)22/h2-3,6,8-16H,4-5,7H2,1H3,(H,31,32). The number of carboxylic acid groups (broad SMARTS) is 1. The summed E-state index contributed by atoms with van der Waals surface area (Å²) < 4.78 is 0. The zero-order valence-corrected chi connectivity index (χ0v) is 19.8. The Morgan fingerprint density at radius 3 is 2.60 bits per heavy atom. The maximum absolute atomic E-state index is 12.2. The average molecular weight is 483 g/mol. The van der Waals surface area contributed by atoms with Gasteiger partial charge in [-0.2, -0.15) is 0 Å². The van der Waals surface area contributed by atoms with Crippen molar-refractivity contribution in [1.29, 1.82) is 0 Å². The molecule has 4 aromatic rings. The summed E-state index contributed by atoms with van der Waals surface area (Å²) in [7, 11) is 0. The first-order valence-corrected chi connectivity index (χ1v) is 12.1. The molecule has 1 aliphatic rings. The van der Waals surface area contributed by atoms with Gasteiger partial charge in [0, 0.05) is 16.3 Å². The molecule has 0 bridgehead atoms. The second-order valence-electron chi connectivity index (χ2n) is 8.56. The van der Waals surface area contributed by atoms with Crippen LogP contribution >= 0.6 is 11.8 Å². The monoisotopic (exact) mass is 482 g/mol. The second kappa shape index (κ2) is 9.35. The van der Waals surface area contributed by atoms with Gasteiger partial charge in [0.05, 0.1) is 26.6 Å². The Bertz CT molecular complexity index is 1510. The number of rotatable bonds is 5. The summed E-state index contributed by atoms with van der Waals surface area (Å²) in [6, 6.07) is 20.4. The smallest absolute Gasteiger partial charge is 0.336 e. The van der Waals surface area contributed by atoms with E-state index in [4.69, 9.17) is 4.98 Å². The Kier molecular flexibility index (Phi) is 6.09. The molecule has 1 N–H and O–H groups in total. The van der Waals surface area contributed by atoms with Crippen molar-refractivity contribution in [3.8, 4) is 0 Å². The Labute approximate surface area is 206 Å². The summed E-state index contributed by atoms with van der Waals surface area (Å²) in [6.07, 6.45) is 4.06. The molecule has 0 saturated heterocycles. The minimum Gasteiger partial charge on any atom is -0.478 e. The average Bonchev–Trinajstić information content (AvgIpc) is 2.85. The molecule has 0 amide bonds. The van der Waals surface area contributed by atoms with Crippen molar-refractivity contribution < 1.29 is 14.8 Å². The molecule has 0 fully saturated rings. The molecule has 1 heterocycles. The van der Waals surface area contributed by atoms with E-state index < -0.39 is 5.97 Å². The van der Waals surface area contributed by atoms with Gasteiger partial charge in [0.25, 0.3) is 5.69 Å². The minimum atomic E-state index is -0.964. The van der Waals surface area contributed by atoms with Crippen LogP contribution in [-0.4, -0.2) is 21.0 Å². The van der Waals surface area contributed by atoms with Crippen molar-refractivity contribution in [2.24, 2.45) is 0 Å². The highest BCUT2D eigenvalue weighted by Gasteiger charge is 2.25. The van der Waals surface area contributed by atoms with E-state index in [1.807, 2.05) is 61.5 Å². The van der Waals surface area contributed by atoms with Crippen molar-refractivity contribution in [3.63, 3.8) is 0 Å². The summed E-state index contributed by atoms with van der Waals surface area (Å²) >= 11 is 1.36. The lowest BCUT2D eigenvalue weighted by atomic mass is 9.86. The molecule has 0 radical (unpaired) electrons. The van der Waals surface area contributed by atoms with Crippen LogP contribution in [0.25, 0.3) is 22.6 Å². The second-order valence-corrected chi connectivity index (χ2v) is 9.67. The fraction of sp³-hybridized carbons (Fsp3) is 0.143. The Hall–Kier alpha value is -3.97. The molecule has 0 spiro atoms. The summed E-state index contributed by atoms with van der Waals surface area (Å²) in [5, 5.41) is 22.5. The zero-order valence-electron chi connectivity index (χ0n) is 19.0. The van der Waals surface area contributed by atoms with Crippen LogP contribution in [0.5, 0.6) is 0 Å². The predicted molar refractivity (Wildman–Crippen MR) is 138 cm³/mol. The summed E-state index contributed by atoms with van der Waals surface area (Å²) in [6.45, 7) is 2.00. The predicted octanol–water partition coefficient (Wildman–Crippen LogP) is 7.18. The molecule has 1 aromatic heterocycles. The van der Waals surface area contributed by atoms with Crippen molar-refractivity contribution in [3.05, 3.63) is 105 Å². The highest BCUT2D eigenvalue weighted by Crippen LogP contribution is 2.39. The lowest BCUT2D eigenvalue weighted by molar-refractivity contribution is -0.387. The molecule has 0 saturated carbocycles. The number of para-hydroxylation sites is 1. The topological polar surface area (TPSA) is 93.3 Å². The number of fused-ring (bicyclic) bond motifs is 2. The van der Waals surface area contributed by atoms with Crippen LogP contribution in [0.3, 0.4) is 0 Å². The van der Waals surface area contributed by atoms with Crippen LogP contribution < -0.4 is 0 Å². The number of hydrogen-bond acceptors (Lipinski definition) is 5. The molecule has 6 nitrogen and oxygen atoms in total. The van der Waals surface area contributed by atoms with E-state index in [1.165, 1.54) is 11.8 Å². The van der Waals surface area contributed by atoms with Crippen molar-refractivity contribution in [1.82, 2.24) is 4.98 Å². The normalized spacial score (nSPS) is 14.1. The molecule has 0 unspecified atom stereocenters. The third-order valence-corrected chi connectivity index (χ3v) is 7.23. The number of allylic oxidation sites excluding steroid dienone is 1. The van der Waals surface area contributed by atoms with E-state index in [0.717, 1.165) is 34.4 Å². The number of benzene rings is 3. The number of hydrogen-bond donors (Lipinski definition) is 1. The molecule has 1 aliphatic carbocycles. The van der Waals surface area contributed by atoms with E-state index in [9.17, 15) is 20.0 Å². The fourth-order valence-electron chi connectivity index (χ4n) is 4.51. The minimum absolute atomic E-state index is 0.0404. The summed E-state index contributed by atoms with van der Waals surface area (Å²) in [5.41, 5.74) is 5.10. The van der Waals surface area contributed by atoms with Crippen LogP contribution in [0.1, 0.15) is 45.6 Å². The van der Waals surface area contributed by atoms with E-state index in [1.54, 1.807) is 18.2 Å². The van der Waals surface area contributed by atoms with Gasteiger partial charge in [-0.1, -0.05) is 53.7 Å². The first-order valence-electron chi connectivity index (χ1n) is 11.3. The van der Waals surface area contributed by atoms with Crippen LogP contribution in [0.4, 0.5) is 5.69 Å². The Morgan fingerprint density at radius 2 is 1.86 bits per heavy atom. The third-order valence-electron chi connectivity index (χ3n) is 6.15. The van der Waals surface area contributed by atoms with E-state index in [-0.39, 0.29) is 10.6 Å². The van der Waals surface area contributed by atoms with Crippen LogP contribution in [0.15, 0.2) is 76.5 Å². The SMILES string of the molecule is Cc1ccc(Sc2ccc(C=C3CCCc4c3nc3ccccc3c4C(=O)O)cc2[N+](=O)[O-])cc1. The van der Waals surface area contributed by atoms with E-state index in [2.05, 4.69) is 0 Å². The van der Waals surface area contributed by atoms with Crippen LogP contribution in [0.2, 0.25) is 0 Å². The lowest BCUT2D eigenvalue weighted by Gasteiger charge is -2.21. The number of nitro groups is 1. The first-order chi connectivity index (χ1) is 16.9. The van der Waals surface area contributed by atoms with Gasteiger partial charge in [-0.25, -0.2) is 9.78 Å². The number of aryl methyl sites for hydroxylation is 1. The van der Waals surface area contributed by atoms with Crippen LogP contribution in [-0.2, 0) is 6.42 Å². The molecule has 3 aromatic carbocycles. The highest BCUT2D eigenvalue weighted by molar-refractivity contribution is 7.99. The molecule has 35 heavy (non-hydrogen) atoms. The van der Waals surface area contributed by atoms with Gasteiger partial charge in [-0.15, -0.1) is 0 Å². The number of aromatic nitrogens is 1. The van der Waals surface area contributed by atoms with Crippen molar-refractivity contribution in [2.75, 3.05) is 0 Å². The number of carboxylic acids is 1. The molecule has 0 aliphatic heterocycles. The Morgan fingerprint density at radius 1 is 1.09 bits per heavy atom. The van der Waals surface area contributed by atoms with Crippen LogP contribution in [0, 0.1) is 17.0 Å². The van der Waals surface area contributed by atoms with E-state index >= 15 is 0 Å². The maximum Gasteiger partial charge on any atom is 0.336 e. The number of aromatic carboxylic acids is 1. The fourth-order valence-corrected chi connectivity index (χ4v) is 5.41. The summed E-state index contributed by atoms with van der Waals surface area (Å²) in [5.74, 6) is -0.964. The van der Waals surface area contributed by atoms with Crippen molar-refractivity contribution >= 4 is 46.0 Å². The molecule has 174 valence electrons. The molecule has 5 rings (SSSR count). The number of nitro benzene ring substituents is 1. The van der Waals surface area contributed by atoms with E-state index in [0.29, 0.717) is 39.0 Å². The first kappa shape index (κ1) is 22.8. The Balaban J connectivity index is 1.58. The number of nitrogens with zero attached hydrogens (tertiary/aromatic N) is 2. The van der Waals surface area contributed by atoms with Gasteiger partial charge in [0.15, 0.2) is 0 Å². The molecule has 0 atom stereocenters. The third kappa shape index (κ3) is 4.55. The molecular formula is C28H22N2O4S. The van der Waals surface area contributed by atoms with Gasteiger partial charge in [0.2, 0.25) is 0 Å². The maximum atomic E-state index is 12.2. The van der Waals surface area contributed by atoms with Crippen molar-refractivity contribution in [2.45, 2.75) is 36.0 Å². The van der Waals surface area contributed by atoms with Gasteiger partial charge < -0.3 is 5.11 Å². The largest absolute Gasteiger partial charge is 0.478 e. The van der Waals surface area contributed by atoms with Gasteiger partial charge in [-0.3, -0.25) is 10.1 Å².